The van der Waals surface area contributed by atoms with E-state index in [1.165, 1.54) is 13.3 Å². The highest BCUT2D eigenvalue weighted by Crippen LogP contribution is 2.22. The molecule has 18 heavy (non-hydrogen) atoms. The van der Waals surface area contributed by atoms with Gasteiger partial charge in [0.2, 0.25) is 5.91 Å². The van der Waals surface area contributed by atoms with E-state index >= 15 is 0 Å². The number of hydrogen-bond donors (Lipinski definition) is 0. The normalized spacial score (nSPS) is 14.0. The number of carbonyl (C=O) groups is 2. The highest BCUT2D eigenvalue weighted by Gasteiger charge is 2.24. The lowest BCUT2D eigenvalue weighted by Gasteiger charge is -2.29. The summed E-state index contributed by atoms with van der Waals surface area (Å²) in [6.45, 7) is 3.02. The molecule has 0 atom stereocenters. The second-order valence-electron chi connectivity index (χ2n) is 4.24. The molecule has 1 aliphatic rings. The van der Waals surface area contributed by atoms with Crippen LogP contribution in [0.5, 0.6) is 0 Å². The van der Waals surface area contributed by atoms with Crippen LogP contribution >= 0.6 is 0 Å². The number of carbonyl (C=O) groups excluding carboxylic acids is 2. The number of amides is 1. The third kappa shape index (κ3) is 2.20. The van der Waals surface area contributed by atoms with E-state index in [4.69, 9.17) is 4.74 Å². The van der Waals surface area contributed by atoms with Crippen molar-refractivity contribution in [3.8, 4) is 0 Å². The number of rotatable bonds is 2. The Kier molecular flexibility index (Phi) is 3.60. The summed E-state index contributed by atoms with van der Waals surface area (Å²) >= 11 is 0. The van der Waals surface area contributed by atoms with E-state index in [0.29, 0.717) is 31.5 Å². The van der Waals surface area contributed by atoms with Gasteiger partial charge in [0.15, 0.2) is 0 Å². The van der Waals surface area contributed by atoms with Crippen LogP contribution in [0.4, 0.5) is 0 Å². The van der Waals surface area contributed by atoms with Crippen LogP contribution in [0.15, 0.2) is 12.4 Å². The predicted octanol–water partition coefficient (Wildman–Crippen LogP) is 1.16. The first-order valence-electron chi connectivity index (χ1n) is 5.99. The van der Waals surface area contributed by atoms with Crippen LogP contribution in [0.1, 0.15) is 34.8 Å². The average Bonchev–Trinajstić information content (AvgIpc) is 2.44. The SMILES string of the molecule is CCC(=O)N1CCc2c(cncc2C(=O)OC)C1. The molecule has 5 nitrogen and oxygen atoms in total. The van der Waals surface area contributed by atoms with E-state index in [1.54, 1.807) is 11.1 Å². The second kappa shape index (κ2) is 5.16. The number of hydrogen-bond acceptors (Lipinski definition) is 4. The Balaban J connectivity index is 2.30. The second-order valence-corrected chi connectivity index (χ2v) is 4.24. The fourth-order valence-electron chi connectivity index (χ4n) is 2.22. The summed E-state index contributed by atoms with van der Waals surface area (Å²) in [5.41, 5.74) is 2.40. The molecule has 0 fully saturated rings. The monoisotopic (exact) mass is 248 g/mol. The van der Waals surface area contributed by atoms with Gasteiger partial charge in [-0.25, -0.2) is 4.79 Å². The minimum absolute atomic E-state index is 0.129. The van der Waals surface area contributed by atoms with Crippen molar-refractivity contribution < 1.29 is 14.3 Å². The molecular formula is C13H16N2O3. The molecule has 0 aliphatic carbocycles. The summed E-state index contributed by atoms with van der Waals surface area (Å²) in [5, 5.41) is 0. The van der Waals surface area contributed by atoms with Crippen molar-refractivity contribution in [2.75, 3.05) is 13.7 Å². The van der Waals surface area contributed by atoms with Gasteiger partial charge in [-0.1, -0.05) is 6.92 Å². The van der Waals surface area contributed by atoms with Crippen LogP contribution in [0.2, 0.25) is 0 Å². The summed E-state index contributed by atoms with van der Waals surface area (Å²) in [6, 6.07) is 0. The Morgan fingerprint density at radius 1 is 1.44 bits per heavy atom. The molecule has 0 bridgehead atoms. The predicted molar refractivity (Wildman–Crippen MR) is 65.0 cm³/mol. The molecule has 2 heterocycles. The molecule has 0 N–H and O–H groups in total. The van der Waals surface area contributed by atoms with Gasteiger partial charge in [0.05, 0.1) is 12.7 Å². The van der Waals surface area contributed by atoms with Crippen molar-refractivity contribution in [2.45, 2.75) is 26.3 Å². The molecule has 0 radical (unpaired) electrons. The van der Waals surface area contributed by atoms with Crippen LogP contribution in [0.3, 0.4) is 0 Å². The smallest absolute Gasteiger partial charge is 0.339 e. The summed E-state index contributed by atoms with van der Waals surface area (Å²) in [4.78, 5) is 29.1. The lowest BCUT2D eigenvalue weighted by atomic mass is 9.97. The maximum atomic E-state index is 11.7. The molecule has 0 aromatic carbocycles. The summed E-state index contributed by atoms with van der Waals surface area (Å²) in [7, 11) is 1.36. The molecule has 1 aromatic rings. The Morgan fingerprint density at radius 2 is 2.22 bits per heavy atom. The van der Waals surface area contributed by atoms with Gasteiger partial charge >= 0.3 is 5.97 Å². The van der Waals surface area contributed by atoms with Gasteiger partial charge in [-0.2, -0.15) is 0 Å². The van der Waals surface area contributed by atoms with Crippen LogP contribution in [0, 0.1) is 0 Å². The highest BCUT2D eigenvalue weighted by atomic mass is 16.5. The number of fused-ring (bicyclic) bond motifs is 1. The number of ether oxygens (including phenoxy) is 1. The van der Waals surface area contributed by atoms with Gasteiger partial charge in [-0.15, -0.1) is 0 Å². The Hall–Kier alpha value is -1.91. The fraction of sp³-hybridized carbons (Fsp3) is 0.462. The first kappa shape index (κ1) is 12.5. The van der Waals surface area contributed by atoms with E-state index < -0.39 is 0 Å². The maximum Gasteiger partial charge on any atom is 0.339 e. The largest absolute Gasteiger partial charge is 0.465 e. The van der Waals surface area contributed by atoms with E-state index in [2.05, 4.69) is 4.98 Å². The summed E-state index contributed by atoms with van der Waals surface area (Å²) < 4.78 is 4.74. The van der Waals surface area contributed by atoms with Gasteiger partial charge in [0, 0.05) is 31.9 Å². The van der Waals surface area contributed by atoms with Crippen molar-refractivity contribution >= 4 is 11.9 Å². The molecule has 1 aromatic heterocycles. The Labute approximate surface area is 106 Å². The first-order valence-corrected chi connectivity index (χ1v) is 5.99. The van der Waals surface area contributed by atoms with Crippen molar-refractivity contribution in [1.29, 1.82) is 0 Å². The third-order valence-electron chi connectivity index (χ3n) is 3.20. The Bertz CT molecular complexity index is 485. The molecule has 0 spiro atoms. The number of nitrogens with zero attached hydrogens (tertiary/aromatic N) is 2. The number of methoxy groups -OCH3 is 1. The molecule has 1 amide bonds. The minimum Gasteiger partial charge on any atom is -0.465 e. The molecule has 96 valence electrons. The number of esters is 1. The van der Waals surface area contributed by atoms with Gasteiger partial charge in [-0.3, -0.25) is 9.78 Å². The summed E-state index contributed by atoms with van der Waals surface area (Å²) in [5.74, 6) is -0.237. The van der Waals surface area contributed by atoms with Crippen molar-refractivity contribution in [1.82, 2.24) is 9.88 Å². The summed E-state index contributed by atoms with van der Waals surface area (Å²) in [6.07, 6.45) is 4.42. The molecule has 0 unspecified atom stereocenters. The van der Waals surface area contributed by atoms with Crippen LogP contribution < -0.4 is 0 Å². The zero-order valence-corrected chi connectivity index (χ0v) is 10.6. The van der Waals surface area contributed by atoms with Gasteiger partial charge in [0.1, 0.15) is 0 Å². The fourth-order valence-corrected chi connectivity index (χ4v) is 2.22. The highest BCUT2D eigenvalue weighted by molar-refractivity contribution is 5.91. The maximum absolute atomic E-state index is 11.7. The zero-order valence-electron chi connectivity index (χ0n) is 10.6. The topological polar surface area (TPSA) is 59.5 Å². The van der Waals surface area contributed by atoms with E-state index in [-0.39, 0.29) is 11.9 Å². The average molecular weight is 248 g/mol. The van der Waals surface area contributed by atoms with E-state index in [1.807, 2.05) is 6.92 Å². The van der Waals surface area contributed by atoms with Gasteiger partial charge < -0.3 is 9.64 Å². The lowest BCUT2D eigenvalue weighted by Crippen LogP contribution is -2.36. The molecule has 2 rings (SSSR count). The minimum atomic E-state index is -0.366. The van der Waals surface area contributed by atoms with Crippen molar-refractivity contribution in [2.24, 2.45) is 0 Å². The molecule has 5 heteroatoms. The molecule has 0 saturated heterocycles. The van der Waals surface area contributed by atoms with E-state index in [0.717, 1.165) is 11.1 Å². The number of aromatic nitrogens is 1. The van der Waals surface area contributed by atoms with Crippen LogP contribution in [-0.4, -0.2) is 35.4 Å². The molecule has 1 aliphatic heterocycles. The third-order valence-corrected chi connectivity index (χ3v) is 3.20. The first-order chi connectivity index (χ1) is 8.67. The molecular weight excluding hydrogens is 232 g/mol. The van der Waals surface area contributed by atoms with Gasteiger partial charge in [0.25, 0.3) is 0 Å². The van der Waals surface area contributed by atoms with Crippen LogP contribution in [-0.2, 0) is 22.5 Å². The standard InChI is InChI=1S/C13H16N2O3/c1-3-12(16)15-5-4-10-9(8-15)6-14-7-11(10)13(17)18-2/h6-7H,3-5,8H2,1-2H3. The Morgan fingerprint density at radius 3 is 2.89 bits per heavy atom. The van der Waals surface area contributed by atoms with Crippen molar-refractivity contribution in [3.05, 3.63) is 29.1 Å². The zero-order chi connectivity index (χ0) is 13.1. The van der Waals surface area contributed by atoms with E-state index in [9.17, 15) is 9.59 Å². The quantitative estimate of drug-likeness (QED) is 0.737. The van der Waals surface area contributed by atoms with Crippen molar-refractivity contribution in [3.63, 3.8) is 0 Å². The van der Waals surface area contributed by atoms with Gasteiger partial charge in [-0.05, 0) is 17.5 Å². The lowest BCUT2D eigenvalue weighted by molar-refractivity contribution is -0.131. The van der Waals surface area contributed by atoms with Crippen LogP contribution in [0.25, 0.3) is 0 Å². The number of pyridine rings is 1. The molecule has 0 saturated carbocycles.